The number of hydrogen-bond donors (Lipinski definition) is 2. The van der Waals surface area contributed by atoms with Gasteiger partial charge in [0, 0.05) is 67.8 Å². The minimum absolute atomic E-state index is 0.0677. The number of carbonyl (C=O) groups is 2. The van der Waals surface area contributed by atoms with Gasteiger partial charge in [-0.2, -0.15) is 0 Å². The Kier molecular flexibility index (Phi) is 6.15. The van der Waals surface area contributed by atoms with Gasteiger partial charge in [0.15, 0.2) is 11.6 Å². The Bertz CT molecular complexity index is 1540. The maximum absolute atomic E-state index is 14.8. The highest BCUT2D eigenvalue weighted by atomic mass is 19.2. The first-order valence-electron chi connectivity index (χ1n) is 13.1. The molecule has 0 bridgehead atoms. The van der Waals surface area contributed by atoms with E-state index in [1.807, 2.05) is 18.7 Å². The number of fused-ring (bicyclic) bond motifs is 2. The van der Waals surface area contributed by atoms with Gasteiger partial charge in [0.05, 0.1) is 16.7 Å². The Morgan fingerprint density at radius 2 is 1.72 bits per heavy atom. The second-order valence-electron chi connectivity index (χ2n) is 10.8. The Balaban J connectivity index is 1.35. The van der Waals surface area contributed by atoms with Crippen LogP contribution in [-0.2, 0) is 18.3 Å². The van der Waals surface area contributed by atoms with Crippen LogP contribution in [0.25, 0.3) is 22.8 Å². The van der Waals surface area contributed by atoms with Crippen molar-refractivity contribution < 1.29 is 23.5 Å². The van der Waals surface area contributed by atoms with Crippen LogP contribution in [-0.4, -0.2) is 70.1 Å². The van der Waals surface area contributed by atoms with E-state index in [4.69, 9.17) is 0 Å². The van der Waals surface area contributed by atoms with Crippen LogP contribution in [0.3, 0.4) is 0 Å². The molecule has 1 fully saturated rings. The van der Waals surface area contributed by atoms with E-state index in [-0.39, 0.29) is 17.4 Å². The van der Waals surface area contributed by atoms with Crippen LogP contribution < -0.4 is 5.32 Å². The van der Waals surface area contributed by atoms with E-state index in [0.717, 1.165) is 24.8 Å². The summed E-state index contributed by atoms with van der Waals surface area (Å²) in [6.45, 7) is 2.38. The molecule has 2 N–H and O–H groups in total. The molecule has 0 saturated carbocycles. The molecule has 1 aromatic heterocycles. The van der Waals surface area contributed by atoms with Gasteiger partial charge in [0.25, 0.3) is 11.8 Å². The molecule has 0 radical (unpaired) electrons. The topological polar surface area (TPSA) is 77.8 Å². The number of benzene rings is 2. The molecule has 4 heterocycles. The lowest BCUT2D eigenvalue weighted by molar-refractivity contribution is -0.110. The number of nitrogens with zero attached hydrogens (tertiary/aromatic N) is 3. The minimum atomic E-state index is -0.976. The van der Waals surface area contributed by atoms with Crippen LogP contribution in [0.15, 0.2) is 42.5 Å². The van der Waals surface area contributed by atoms with Crippen molar-refractivity contribution in [3.05, 3.63) is 76.6 Å². The first kappa shape index (κ1) is 25.5. The van der Waals surface area contributed by atoms with Gasteiger partial charge < -0.3 is 24.8 Å². The Morgan fingerprint density at radius 3 is 2.49 bits per heavy atom. The molecule has 39 heavy (non-hydrogen) atoms. The maximum Gasteiger partial charge on any atom is 0.256 e. The summed E-state index contributed by atoms with van der Waals surface area (Å²) in [5.41, 5.74) is 2.96. The molecule has 3 aliphatic heterocycles. The fourth-order valence-electron chi connectivity index (χ4n) is 5.97. The highest BCUT2D eigenvalue weighted by Gasteiger charge is 2.37. The van der Waals surface area contributed by atoms with E-state index in [1.165, 1.54) is 12.1 Å². The van der Waals surface area contributed by atoms with E-state index in [1.54, 1.807) is 35.2 Å². The number of hydrogen-bond acceptors (Lipinski definition) is 4. The summed E-state index contributed by atoms with van der Waals surface area (Å²) in [7, 11) is 3.88. The molecule has 202 valence electrons. The molecule has 1 saturated heterocycles. The summed E-state index contributed by atoms with van der Waals surface area (Å²) in [6, 6.07) is 10.8. The number of rotatable bonds is 4. The molecule has 2 aromatic carbocycles. The Morgan fingerprint density at radius 1 is 1.00 bits per heavy atom. The number of nitrogens with one attached hydrogen (secondary N) is 1. The highest BCUT2D eigenvalue weighted by Crippen LogP contribution is 2.42. The van der Waals surface area contributed by atoms with Gasteiger partial charge in [-0.1, -0.05) is 24.3 Å². The highest BCUT2D eigenvalue weighted by molar-refractivity contribution is 6.36. The monoisotopic (exact) mass is 532 g/mol. The summed E-state index contributed by atoms with van der Waals surface area (Å²) >= 11 is 0. The number of carbonyl (C=O) groups excluding carboxylic acids is 2. The summed E-state index contributed by atoms with van der Waals surface area (Å²) < 4.78 is 30.7. The number of β-amino-alcohol motifs (C(OH)–C–C–N with tert-alkyl or cyclic N) is 1. The van der Waals surface area contributed by atoms with Crippen LogP contribution in [0.4, 0.5) is 14.5 Å². The van der Waals surface area contributed by atoms with Crippen LogP contribution >= 0.6 is 0 Å². The molecule has 0 unspecified atom stereocenters. The van der Waals surface area contributed by atoms with Crippen molar-refractivity contribution in [3.8, 4) is 11.1 Å². The summed E-state index contributed by atoms with van der Waals surface area (Å²) in [4.78, 5) is 30.4. The molecule has 6 rings (SSSR count). The Hall–Kier alpha value is -3.82. The molecular formula is C30H30F2N4O3. The minimum Gasteiger partial charge on any atom is -0.388 e. The number of halogens is 2. The lowest BCUT2D eigenvalue weighted by Gasteiger charge is -2.40. The zero-order valence-corrected chi connectivity index (χ0v) is 21.9. The molecule has 2 amide bonds. The van der Waals surface area contributed by atoms with Crippen molar-refractivity contribution >= 4 is 29.2 Å². The van der Waals surface area contributed by atoms with E-state index in [2.05, 4.69) is 10.2 Å². The molecule has 9 heteroatoms. The maximum atomic E-state index is 14.8. The van der Waals surface area contributed by atoms with Gasteiger partial charge in [0.1, 0.15) is 0 Å². The first-order valence-corrected chi connectivity index (χ1v) is 13.1. The third kappa shape index (κ3) is 4.35. The number of likely N-dealkylation sites (tertiary alicyclic amines) is 1. The number of aromatic nitrogens is 1. The Labute approximate surface area is 225 Å². The quantitative estimate of drug-likeness (QED) is 0.500. The third-order valence-electron chi connectivity index (χ3n) is 8.29. The molecular weight excluding hydrogens is 502 g/mol. The van der Waals surface area contributed by atoms with Gasteiger partial charge in [-0.3, -0.25) is 9.59 Å². The first-order chi connectivity index (χ1) is 18.6. The van der Waals surface area contributed by atoms with Gasteiger partial charge in [-0.15, -0.1) is 0 Å². The fourth-order valence-corrected chi connectivity index (χ4v) is 5.97. The van der Waals surface area contributed by atoms with Crippen LogP contribution in [0.1, 0.15) is 40.2 Å². The molecule has 3 aliphatic rings. The third-order valence-corrected chi connectivity index (χ3v) is 8.29. The second kappa shape index (κ2) is 9.43. The largest absolute Gasteiger partial charge is 0.388 e. The summed E-state index contributed by atoms with van der Waals surface area (Å²) in [5.74, 6) is -2.43. The van der Waals surface area contributed by atoms with Gasteiger partial charge in [-0.05, 0) is 49.7 Å². The number of anilines is 1. The van der Waals surface area contributed by atoms with Crippen molar-refractivity contribution in [2.75, 3.05) is 38.5 Å². The number of amides is 2. The van der Waals surface area contributed by atoms with E-state index in [9.17, 15) is 23.5 Å². The molecule has 0 aliphatic carbocycles. The summed E-state index contributed by atoms with van der Waals surface area (Å²) in [5, 5.41) is 13.9. The van der Waals surface area contributed by atoms with E-state index < -0.39 is 17.2 Å². The average molecular weight is 533 g/mol. The van der Waals surface area contributed by atoms with Gasteiger partial charge in [-0.25, -0.2) is 8.78 Å². The van der Waals surface area contributed by atoms with Crippen molar-refractivity contribution in [2.24, 2.45) is 7.05 Å². The predicted octanol–water partition coefficient (Wildman–Crippen LogP) is 3.92. The normalized spacial score (nSPS) is 19.8. The average Bonchev–Trinajstić information content (AvgIpc) is 3.41. The van der Waals surface area contributed by atoms with E-state index >= 15 is 0 Å². The summed E-state index contributed by atoms with van der Waals surface area (Å²) in [6.07, 6.45) is 3.56. The lowest BCUT2D eigenvalue weighted by Crippen LogP contribution is -2.52. The molecule has 3 aromatic rings. The van der Waals surface area contributed by atoms with Gasteiger partial charge in [0.2, 0.25) is 0 Å². The number of aliphatic hydroxyl groups is 1. The standard InChI is InChI=1S/C30H30F2N4O3/c1-34-13-10-30(39,11-14-34)17-36-12-9-25-21(29(36)38)15-18(35(25)2)16-22-26-19(5-4-8-24(26)33-28(22)37)20-6-3-7-23(31)27(20)32/h3-8,15-16,39H,9-14,17H2,1-2H3,(H,33,37). The molecule has 0 atom stereocenters. The predicted molar refractivity (Wildman–Crippen MR) is 145 cm³/mol. The van der Waals surface area contributed by atoms with Gasteiger partial charge >= 0.3 is 0 Å². The van der Waals surface area contributed by atoms with Crippen molar-refractivity contribution in [1.82, 2.24) is 14.4 Å². The SMILES string of the molecule is CN1CCC(O)(CN2CCc3c(cc(C=C4C(=O)Nc5cccc(-c6cccc(F)c6F)c54)n3C)C2=O)CC1. The zero-order valence-electron chi connectivity index (χ0n) is 21.9. The molecule has 7 nitrogen and oxygen atoms in total. The van der Waals surface area contributed by atoms with Crippen LogP contribution in [0.5, 0.6) is 0 Å². The van der Waals surface area contributed by atoms with Crippen LogP contribution in [0.2, 0.25) is 0 Å². The zero-order chi connectivity index (χ0) is 27.5. The number of piperidine rings is 1. The van der Waals surface area contributed by atoms with Crippen molar-refractivity contribution in [3.63, 3.8) is 0 Å². The second-order valence-corrected chi connectivity index (χ2v) is 10.8. The smallest absolute Gasteiger partial charge is 0.256 e. The lowest BCUT2D eigenvalue weighted by atomic mass is 9.90. The fraction of sp³-hybridized carbons (Fsp3) is 0.333. The van der Waals surface area contributed by atoms with Crippen LogP contribution in [0, 0.1) is 11.6 Å². The van der Waals surface area contributed by atoms with E-state index in [0.29, 0.717) is 66.0 Å². The van der Waals surface area contributed by atoms with Crippen molar-refractivity contribution in [1.29, 1.82) is 0 Å². The van der Waals surface area contributed by atoms with Crippen molar-refractivity contribution in [2.45, 2.75) is 24.9 Å². The molecule has 0 spiro atoms.